The first kappa shape index (κ1) is 16.1. The Morgan fingerprint density at radius 2 is 1.88 bits per heavy atom. The summed E-state index contributed by atoms with van der Waals surface area (Å²) in [5, 5.41) is 0. The molecule has 0 bridgehead atoms. The Labute approximate surface area is 151 Å². The van der Waals surface area contributed by atoms with Crippen LogP contribution in [0.2, 0.25) is 0 Å². The van der Waals surface area contributed by atoms with Crippen LogP contribution in [-0.2, 0) is 9.53 Å². The summed E-state index contributed by atoms with van der Waals surface area (Å²) >= 11 is 0. The molecule has 5 rings (SSSR count). The largest absolute Gasteiger partial charge is 0.396 e. The van der Waals surface area contributed by atoms with Crippen LogP contribution in [0.3, 0.4) is 0 Å². The third kappa shape index (κ3) is 2.17. The molecule has 0 amide bonds. The van der Waals surface area contributed by atoms with Gasteiger partial charge in [-0.25, -0.2) is 0 Å². The Kier molecular flexibility index (Phi) is 3.36. The number of hydrogen-bond donors (Lipinski definition) is 1. The van der Waals surface area contributed by atoms with Gasteiger partial charge in [0.05, 0.1) is 17.9 Å². The molecule has 5 aliphatic carbocycles. The fourth-order valence-electron chi connectivity index (χ4n) is 6.79. The summed E-state index contributed by atoms with van der Waals surface area (Å²) in [5.74, 6) is 2.14. The molecule has 0 radical (unpaired) electrons. The molecule has 0 heterocycles. The lowest BCUT2D eigenvalue weighted by molar-refractivity contribution is -0.118. The number of nitrogens with two attached hydrogens (primary N) is 1. The minimum atomic E-state index is 0.0914. The van der Waals surface area contributed by atoms with Gasteiger partial charge in [0, 0.05) is 6.42 Å². The normalized spacial score (nSPS) is 49.0. The molecule has 3 fully saturated rings. The zero-order chi connectivity index (χ0) is 17.4. The molecule has 0 spiro atoms. The molecule has 6 unspecified atom stereocenters. The van der Waals surface area contributed by atoms with Crippen LogP contribution >= 0.6 is 0 Å². The van der Waals surface area contributed by atoms with E-state index >= 15 is 0 Å². The van der Waals surface area contributed by atoms with Crippen LogP contribution in [0.1, 0.15) is 65.2 Å². The summed E-state index contributed by atoms with van der Waals surface area (Å²) in [6.45, 7) is 4.87. The highest BCUT2D eigenvalue weighted by atomic mass is 16.5. The molecule has 3 saturated carbocycles. The van der Waals surface area contributed by atoms with Crippen molar-refractivity contribution in [1.29, 1.82) is 0 Å². The van der Waals surface area contributed by atoms with Crippen LogP contribution in [0.4, 0.5) is 0 Å². The van der Waals surface area contributed by atoms with Crippen molar-refractivity contribution in [3.8, 4) is 0 Å². The van der Waals surface area contributed by atoms with Gasteiger partial charge in [-0.1, -0.05) is 26.0 Å². The first-order valence-electron chi connectivity index (χ1n) is 10.3. The van der Waals surface area contributed by atoms with Crippen molar-refractivity contribution in [3.05, 3.63) is 23.4 Å². The molecule has 0 saturated heterocycles. The second-order valence-corrected chi connectivity index (χ2v) is 9.76. The summed E-state index contributed by atoms with van der Waals surface area (Å²) in [7, 11) is 0. The van der Waals surface area contributed by atoms with Crippen molar-refractivity contribution < 1.29 is 9.53 Å². The van der Waals surface area contributed by atoms with Crippen LogP contribution in [0, 0.1) is 28.6 Å². The average Bonchev–Trinajstić information content (AvgIpc) is 3.34. The van der Waals surface area contributed by atoms with E-state index in [1.165, 1.54) is 38.5 Å². The topological polar surface area (TPSA) is 52.3 Å². The number of fused-ring (bicyclic) bond motifs is 5. The fourth-order valence-corrected chi connectivity index (χ4v) is 6.79. The molecule has 25 heavy (non-hydrogen) atoms. The zero-order valence-corrected chi connectivity index (χ0v) is 15.6. The lowest BCUT2D eigenvalue weighted by Gasteiger charge is -2.56. The van der Waals surface area contributed by atoms with E-state index in [9.17, 15) is 4.79 Å². The van der Waals surface area contributed by atoms with Gasteiger partial charge in [-0.2, -0.15) is 0 Å². The number of carbonyl (C=O) groups is 1. The first-order chi connectivity index (χ1) is 11.9. The van der Waals surface area contributed by atoms with Crippen molar-refractivity contribution >= 4 is 5.78 Å². The molecule has 0 aromatic carbocycles. The lowest BCUT2D eigenvalue weighted by atomic mass is 9.49. The monoisotopic (exact) mass is 341 g/mol. The van der Waals surface area contributed by atoms with Gasteiger partial charge in [-0.15, -0.1) is 0 Å². The summed E-state index contributed by atoms with van der Waals surface area (Å²) in [6.07, 6.45) is 14.8. The molecule has 136 valence electrons. The SMILES string of the molecule is CC12CCC(=O)C(N)=C1C=CC1C2CCC2(C)C(OC3CC3)CCC12. The van der Waals surface area contributed by atoms with Crippen molar-refractivity contribution in [2.24, 2.45) is 34.3 Å². The summed E-state index contributed by atoms with van der Waals surface area (Å²) < 4.78 is 6.44. The zero-order valence-electron chi connectivity index (χ0n) is 15.6. The molecule has 0 aromatic rings. The van der Waals surface area contributed by atoms with Gasteiger partial charge in [-0.05, 0) is 79.1 Å². The standard InChI is InChI=1S/C22H31NO2/c1-21-12-10-18(24)20(23)17(21)6-5-14-15-7-8-19(25-13-3-4-13)22(15,2)11-9-16(14)21/h5-6,13-16,19H,3-4,7-12,23H2,1-2H3. The fraction of sp³-hybridized carbons (Fsp3) is 0.773. The molecule has 3 nitrogen and oxygen atoms in total. The summed E-state index contributed by atoms with van der Waals surface area (Å²) in [6, 6.07) is 0. The highest BCUT2D eigenvalue weighted by Crippen LogP contribution is 2.64. The summed E-state index contributed by atoms with van der Waals surface area (Å²) in [5.41, 5.74) is 8.32. The second-order valence-electron chi connectivity index (χ2n) is 9.76. The Hall–Kier alpha value is -1.09. The van der Waals surface area contributed by atoms with Crippen LogP contribution in [0.15, 0.2) is 23.4 Å². The van der Waals surface area contributed by atoms with Gasteiger partial charge in [0.15, 0.2) is 5.78 Å². The molecule has 0 aliphatic heterocycles. The van der Waals surface area contributed by atoms with Crippen molar-refractivity contribution in [2.75, 3.05) is 0 Å². The number of rotatable bonds is 2. The maximum absolute atomic E-state index is 12.1. The van der Waals surface area contributed by atoms with E-state index < -0.39 is 0 Å². The second kappa shape index (κ2) is 5.22. The van der Waals surface area contributed by atoms with Crippen LogP contribution in [0.5, 0.6) is 0 Å². The smallest absolute Gasteiger partial charge is 0.178 e. The first-order valence-corrected chi connectivity index (χ1v) is 10.3. The Morgan fingerprint density at radius 3 is 2.64 bits per heavy atom. The van der Waals surface area contributed by atoms with E-state index in [-0.39, 0.29) is 11.2 Å². The third-order valence-electron chi connectivity index (χ3n) is 8.51. The molecular formula is C22H31NO2. The molecule has 5 aliphatic rings. The third-order valence-corrected chi connectivity index (χ3v) is 8.51. The Morgan fingerprint density at radius 1 is 1.08 bits per heavy atom. The van der Waals surface area contributed by atoms with Crippen LogP contribution in [0.25, 0.3) is 0 Å². The van der Waals surface area contributed by atoms with E-state index in [4.69, 9.17) is 10.5 Å². The number of hydrogen-bond acceptors (Lipinski definition) is 3. The lowest BCUT2D eigenvalue weighted by Crippen LogP contribution is -2.51. The van der Waals surface area contributed by atoms with Gasteiger partial charge in [0.1, 0.15) is 0 Å². The van der Waals surface area contributed by atoms with Crippen molar-refractivity contribution in [3.63, 3.8) is 0 Å². The maximum Gasteiger partial charge on any atom is 0.178 e. The molecule has 2 N–H and O–H groups in total. The van der Waals surface area contributed by atoms with Gasteiger partial charge in [-0.3, -0.25) is 4.79 Å². The average molecular weight is 341 g/mol. The Bertz CT molecular complexity index is 676. The highest BCUT2D eigenvalue weighted by molar-refractivity contribution is 5.97. The molecule has 3 heteroatoms. The van der Waals surface area contributed by atoms with E-state index in [1.54, 1.807) is 0 Å². The van der Waals surface area contributed by atoms with E-state index in [0.717, 1.165) is 17.9 Å². The molecule has 6 atom stereocenters. The van der Waals surface area contributed by atoms with E-state index in [0.29, 0.717) is 41.6 Å². The Balaban J connectivity index is 1.49. The predicted octanol–water partition coefficient (Wildman–Crippen LogP) is 4.13. The molecular weight excluding hydrogens is 310 g/mol. The van der Waals surface area contributed by atoms with E-state index in [1.807, 2.05) is 0 Å². The minimum absolute atomic E-state index is 0.0914. The van der Waals surface area contributed by atoms with E-state index in [2.05, 4.69) is 26.0 Å². The van der Waals surface area contributed by atoms with Gasteiger partial charge >= 0.3 is 0 Å². The number of carbonyl (C=O) groups excluding carboxylic acids is 1. The van der Waals surface area contributed by atoms with Crippen LogP contribution in [-0.4, -0.2) is 18.0 Å². The quantitative estimate of drug-likeness (QED) is 0.821. The minimum Gasteiger partial charge on any atom is -0.396 e. The van der Waals surface area contributed by atoms with Gasteiger partial charge in [0.25, 0.3) is 0 Å². The highest BCUT2D eigenvalue weighted by Gasteiger charge is 2.59. The number of Topliss-reactive ketones (excluding diaryl/α,β-unsaturated/α-hetero) is 1. The van der Waals surface area contributed by atoms with Crippen LogP contribution < -0.4 is 5.73 Å². The number of ether oxygens (including phenoxy) is 1. The number of allylic oxidation sites excluding steroid dienone is 4. The summed E-state index contributed by atoms with van der Waals surface area (Å²) in [4.78, 5) is 12.1. The van der Waals surface area contributed by atoms with Gasteiger partial charge < -0.3 is 10.5 Å². The predicted molar refractivity (Wildman–Crippen MR) is 97.6 cm³/mol. The number of ketones is 1. The van der Waals surface area contributed by atoms with Crippen molar-refractivity contribution in [2.45, 2.75) is 77.4 Å². The van der Waals surface area contributed by atoms with Crippen molar-refractivity contribution in [1.82, 2.24) is 0 Å². The maximum atomic E-state index is 12.1. The van der Waals surface area contributed by atoms with Gasteiger partial charge in [0.2, 0.25) is 0 Å². The molecule has 0 aromatic heterocycles.